The van der Waals surface area contributed by atoms with Crippen LogP contribution in [0.4, 0.5) is 5.69 Å². The molecule has 1 aromatic carbocycles. The number of benzene rings is 1. The molecule has 0 bridgehead atoms. The standard InChI is InChI=1S/C10H11NO2/c1-8-7-10(12)11(13-8)9-5-3-2-4-6-9/h2-6,8H,7H2,1H3. The molecule has 2 rings (SSSR count). The molecule has 1 unspecified atom stereocenters. The third-order valence-electron chi connectivity index (χ3n) is 1.96. The molecular formula is C10H11NO2. The van der Waals surface area contributed by atoms with Crippen LogP contribution in [0.5, 0.6) is 0 Å². The molecule has 1 fully saturated rings. The third-order valence-corrected chi connectivity index (χ3v) is 1.96. The first kappa shape index (κ1) is 8.26. The summed E-state index contributed by atoms with van der Waals surface area (Å²) < 4.78 is 0. The summed E-state index contributed by atoms with van der Waals surface area (Å²) in [6, 6.07) is 9.39. The summed E-state index contributed by atoms with van der Waals surface area (Å²) in [5.41, 5.74) is 0.803. The van der Waals surface area contributed by atoms with Crippen LogP contribution in [0.2, 0.25) is 0 Å². The van der Waals surface area contributed by atoms with Crippen molar-refractivity contribution in [2.24, 2.45) is 0 Å². The number of carbonyl (C=O) groups excluding carboxylic acids is 1. The maximum Gasteiger partial charge on any atom is 0.253 e. The van der Waals surface area contributed by atoms with E-state index >= 15 is 0 Å². The molecule has 1 aliphatic rings. The van der Waals surface area contributed by atoms with E-state index in [1.165, 1.54) is 5.06 Å². The molecule has 1 heterocycles. The molecule has 0 aliphatic carbocycles. The summed E-state index contributed by atoms with van der Waals surface area (Å²) in [7, 11) is 0. The van der Waals surface area contributed by atoms with Gasteiger partial charge < -0.3 is 0 Å². The molecule has 3 nitrogen and oxygen atoms in total. The summed E-state index contributed by atoms with van der Waals surface area (Å²) in [5, 5.41) is 1.37. The minimum atomic E-state index is -0.00675. The van der Waals surface area contributed by atoms with Gasteiger partial charge in [0.1, 0.15) is 0 Å². The molecule has 13 heavy (non-hydrogen) atoms. The molecule has 1 amide bonds. The van der Waals surface area contributed by atoms with Crippen LogP contribution in [-0.4, -0.2) is 12.0 Å². The van der Waals surface area contributed by atoms with E-state index in [0.29, 0.717) is 6.42 Å². The van der Waals surface area contributed by atoms with Crippen molar-refractivity contribution in [3.05, 3.63) is 30.3 Å². The Hall–Kier alpha value is -1.35. The minimum absolute atomic E-state index is 0.00675. The second kappa shape index (κ2) is 3.18. The monoisotopic (exact) mass is 177 g/mol. The van der Waals surface area contributed by atoms with Crippen LogP contribution in [0.25, 0.3) is 0 Å². The van der Waals surface area contributed by atoms with Crippen molar-refractivity contribution in [3.8, 4) is 0 Å². The quantitative estimate of drug-likeness (QED) is 0.654. The highest BCUT2D eigenvalue weighted by Gasteiger charge is 2.28. The highest BCUT2D eigenvalue weighted by Crippen LogP contribution is 2.22. The second-order valence-corrected chi connectivity index (χ2v) is 3.14. The van der Waals surface area contributed by atoms with Crippen molar-refractivity contribution in [3.63, 3.8) is 0 Å². The van der Waals surface area contributed by atoms with Gasteiger partial charge in [0.25, 0.3) is 5.91 Å². The SMILES string of the molecule is CC1CC(=O)N(c2ccccc2)O1. The van der Waals surface area contributed by atoms with E-state index in [-0.39, 0.29) is 12.0 Å². The van der Waals surface area contributed by atoms with E-state index in [0.717, 1.165) is 5.69 Å². The van der Waals surface area contributed by atoms with E-state index in [1.807, 2.05) is 37.3 Å². The lowest BCUT2D eigenvalue weighted by Crippen LogP contribution is -2.22. The Bertz CT molecular complexity index is 310. The van der Waals surface area contributed by atoms with Gasteiger partial charge in [-0.15, -0.1) is 0 Å². The van der Waals surface area contributed by atoms with Crippen LogP contribution in [0.15, 0.2) is 30.3 Å². The first-order valence-electron chi connectivity index (χ1n) is 4.32. The van der Waals surface area contributed by atoms with Crippen LogP contribution < -0.4 is 5.06 Å². The number of hydrogen-bond donors (Lipinski definition) is 0. The number of hydrogen-bond acceptors (Lipinski definition) is 2. The molecule has 0 N–H and O–H groups in total. The average molecular weight is 177 g/mol. The molecule has 0 saturated carbocycles. The Morgan fingerprint density at radius 2 is 2.08 bits per heavy atom. The van der Waals surface area contributed by atoms with Crippen molar-refractivity contribution >= 4 is 11.6 Å². The second-order valence-electron chi connectivity index (χ2n) is 3.14. The van der Waals surface area contributed by atoms with Crippen molar-refractivity contribution in [2.45, 2.75) is 19.4 Å². The number of rotatable bonds is 1. The molecule has 3 heteroatoms. The first-order valence-corrected chi connectivity index (χ1v) is 4.32. The van der Waals surface area contributed by atoms with Gasteiger partial charge in [0, 0.05) is 0 Å². The number of anilines is 1. The normalized spacial score (nSPS) is 22.4. The summed E-state index contributed by atoms with van der Waals surface area (Å²) >= 11 is 0. The van der Waals surface area contributed by atoms with Gasteiger partial charge in [0.2, 0.25) is 0 Å². The highest BCUT2D eigenvalue weighted by atomic mass is 16.7. The fraction of sp³-hybridized carbons (Fsp3) is 0.300. The zero-order chi connectivity index (χ0) is 9.26. The summed E-state index contributed by atoms with van der Waals surface area (Å²) in [5.74, 6) is 0.0266. The minimum Gasteiger partial charge on any atom is -0.272 e. The molecule has 0 radical (unpaired) electrons. The molecule has 1 atom stereocenters. The molecule has 0 spiro atoms. The zero-order valence-electron chi connectivity index (χ0n) is 7.43. The van der Waals surface area contributed by atoms with Crippen molar-refractivity contribution in [1.82, 2.24) is 0 Å². The Kier molecular flexibility index (Phi) is 2.02. The smallest absolute Gasteiger partial charge is 0.253 e. The Morgan fingerprint density at radius 3 is 2.62 bits per heavy atom. The molecule has 0 aromatic heterocycles. The van der Waals surface area contributed by atoms with E-state index in [2.05, 4.69) is 0 Å². The summed E-state index contributed by atoms with van der Waals surface area (Å²) in [6.45, 7) is 1.89. The van der Waals surface area contributed by atoms with Gasteiger partial charge in [0.05, 0.1) is 18.2 Å². The number of nitrogens with zero attached hydrogens (tertiary/aromatic N) is 1. The number of hydroxylamine groups is 1. The van der Waals surface area contributed by atoms with Crippen LogP contribution in [0, 0.1) is 0 Å². The van der Waals surface area contributed by atoms with Gasteiger partial charge in [-0.1, -0.05) is 18.2 Å². The van der Waals surface area contributed by atoms with Crippen LogP contribution in [-0.2, 0) is 9.63 Å². The van der Waals surface area contributed by atoms with Crippen molar-refractivity contribution in [2.75, 3.05) is 5.06 Å². The topological polar surface area (TPSA) is 29.5 Å². The molecule has 68 valence electrons. The lowest BCUT2D eigenvalue weighted by Gasteiger charge is -2.14. The first-order chi connectivity index (χ1) is 6.27. The number of carbonyl (C=O) groups is 1. The van der Waals surface area contributed by atoms with Crippen LogP contribution >= 0.6 is 0 Å². The number of amides is 1. The zero-order valence-corrected chi connectivity index (χ0v) is 7.43. The Balaban J connectivity index is 2.23. The predicted octanol–water partition coefficient (Wildman–Crippen LogP) is 1.74. The van der Waals surface area contributed by atoms with Crippen molar-refractivity contribution < 1.29 is 9.63 Å². The molecule has 1 saturated heterocycles. The van der Waals surface area contributed by atoms with E-state index < -0.39 is 0 Å². The summed E-state index contributed by atoms with van der Waals surface area (Å²) in [4.78, 5) is 16.7. The lowest BCUT2D eigenvalue weighted by atomic mass is 10.3. The fourth-order valence-electron chi connectivity index (χ4n) is 1.37. The molecule has 1 aromatic rings. The third kappa shape index (κ3) is 1.55. The van der Waals surface area contributed by atoms with E-state index in [1.54, 1.807) is 0 Å². The van der Waals surface area contributed by atoms with E-state index in [9.17, 15) is 4.79 Å². The van der Waals surface area contributed by atoms with Crippen LogP contribution in [0.3, 0.4) is 0 Å². The van der Waals surface area contributed by atoms with Crippen molar-refractivity contribution in [1.29, 1.82) is 0 Å². The van der Waals surface area contributed by atoms with Gasteiger partial charge in [-0.3, -0.25) is 9.63 Å². The Morgan fingerprint density at radius 1 is 1.38 bits per heavy atom. The largest absolute Gasteiger partial charge is 0.272 e. The van der Waals surface area contributed by atoms with Gasteiger partial charge in [0.15, 0.2) is 0 Å². The molecule has 1 aliphatic heterocycles. The summed E-state index contributed by atoms with van der Waals surface area (Å²) in [6.07, 6.45) is 0.460. The highest BCUT2D eigenvalue weighted by molar-refractivity contribution is 5.93. The fourth-order valence-corrected chi connectivity index (χ4v) is 1.37. The van der Waals surface area contributed by atoms with Gasteiger partial charge in [-0.25, -0.2) is 0 Å². The van der Waals surface area contributed by atoms with Crippen LogP contribution in [0.1, 0.15) is 13.3 Å². The number of para-hydroxylation sites is 1. The maximum absolute atomic E-state index is 11.4. The predicted molar refractivity (Wildman–Crippen MR) is 49.1 cm³/mol. The Labute approximate surface area is 76.9 Å². The molecular weight excluding hydrogens is 166 g/mol. The van der Waals surface area contributed by atoms with Gasteiger partial charge >= 0.3 is 0 Å². The average Bonchev–Trinajstić information content (AvgIpc) is 2.47. The maximum atomic E-state index is 11.4. The van der Waals surface area contributed by atoms with E-state index in [4.69, 9.17) is 4.84 Å². The van der Waals surface area contributed by atoms with Gasteiger partial charge in [-0.05, 0) is 19.1 Å². The van der Waals surface area contributed by atoms with Gasteiger partial charge in [-0.2, -0.15) is 5.06 Å². The lowest BCUT2D eigenvalue weighted by molar-refractivity contribution is -0.119.